The number of rotatable bonds is 11. The van der Waals surface area contributed by atoms with Crippen LogP contribution in [-0.2, 0) is 22.6 Å². The smallest absolute Gasteiger partial charge is 0.410 e. The molecule has 5 amide bonds. The summed E-state index contributed by atoms with van der Waals surface area (Å²) in [6, 6.07) is 11.6. The van der Waals surface area contributed by atoms with Crippen LogP contribution < -0.4 is 21.1 Å². The average molecular weight is 652 g/mol. The first-order valence-electron chi connectivity index (χ1n) is 15.3. The number of benzene rings is 2. The number of anilines is 1. The van der Waals surface area contributed by atoms with Crippen molar-refractivity contribution in [1.82, 2.24) is 40.3 Å². The fourth-order valence-corrected chi connectivity index (χ4v) is 6.66. The van der Waals surface area contributed by atoms with Crippen molar-refractivity contribution in [3.05, 3.63) is 53.6 Å². The minimum absolute atomic E-state index is 0.0242. The molecule has 46 heavy (non-hydrogen) atoms. The molecule has 0 aliphatic carbocycles. The number of fused-ring (bicyclic) bond motifs is 2. The van der Waals surface area contributed by atoms with Crippen LogP contribution in [0.25, 0.3) is 10.2 Å². The maximum Gasteiger partial charge on any atom is 0.412 e. The van der Waals surface area contributed by atoms with E-state index in [1.54, 1.807) is 51.1 Å². The maximum absolute atomic E-state index is 14.2. The lowest BCUT2D eigenvalue weighted by atomic mass is 9.99. The number of thiazole rings is 1. The van der Waals surface area contributed by atoms with Crippen LogP contribution in [0, 0.1) is 0 Å². The molecule has 3 aromatic rings. The highest BCUT2D eigenvalue weighted by atomic mass is 32.1. The van der Waals surface area contributed by atoms with Crippen molar-refractivity contribution in [3.8, 4) is 5.75 Å². The van der Waals surface area contributed by atoms with Crippen molar-refractivity contribution in [2.75, 3.05) is 59.6 Å². The third-order valence-electron chi connectivity index (χ3n) is 8.03. The molecule has 15 heteroatoms. The second-order valence-electron chi connectivity index (χ2n) is 11.6. The summed E-state index contributed by atoms with van der Waals surface area (Å²) in [5, 5.41) is 9.16. The van der Waals surface area contributed by atoms with Gasteiger partial charge in [0.05, 0.1) is 23.3 Å². The summed E-state index contributed by atoms with van der Waals surface area (Å²) >= 11 is 1.39. The van der Waals surface area contributed by atoms with E-state index in [0.717, 1.165) is 21.3 Å². The predicted octanol–water partition coefficient (Wildman–Crippen LogP) is 1.92. The van der Waals surface area contributed by atoms with Gasteiger partial charge in [0.1, 0.15) is 18.0 Å². The molecule has 14 nitrogen and oxygen atoms in total. The van der Waals surface area contributed by atoms with Crippen molar-refractivity contribution < 1.29 is 23.9 Å². The van der Waals surface area contributed by atoms with E-state index in [9.17, 15) is 19.2 Å². The molecular formula is C31H41N9O5S. The molecule has 4 N–H and O–H groups in total. The highest BCUT2D eigenvalue weighted by Gasteiger charge is 2.52. The number of nitrogens with one attached hydrogen (secondary N) is 2. The minimum atomic E-state index is -0.815. The number of likely N-dealkylation sites (N-methyl/N-ethyl adjacent to an activating group) is 1. The Hall–Kier alpha value is -4.47. The number of hydrazine groups is 1. The number of ether oxygens (including phenoxy) is 1. The SMILES string of the molecule is CCCN(C(=O)NC)N1CC(=O)N2[C@@H](Cc3ccc(OC(=O)NCCN(C)C)cc3)C(=O)N(Cc3cccc4sc(N)nc34)C[C@@H]21. The fourth-order valence-electron chi connectivity index (χ4n) is 5.88. The molecule has 2 saturated heterocycles. The normalized spacial score (nSPS) is 18.3. The summed E-state index contributed by atoms with van der Waals surface area (Å²) < 4.78 is 6.32. The van der Waals surface area contributed by atoms with E-state index in [-0.39, 0.29) is 43.9 Å². The summed E-state index contributed by atoms with van der Waals surface area (Å²) in [5.41, 5.74) is 8.39. The van der Waals surface area contributed by atoms with Crippen LogP contribution in [0.5, 0.6) is 5.75 Å². The van der Waals surface area contributed by atoms with Crippen LogP contribution >= 0.6 is 11.3 Å². The Morgan fingerprint density at radius 1 is 1.13 bits per heavy atom. The van der Waals surface area contributed by atoms with E-state index >= 15 is 0 Å². The lowest BCUT2D eigenvalue weighted by Crippen LogP contribution is -2.66. The van der Waals surface area contributed by atoms with E-state index < -0.39 is 18.3 Å². The molecule has 246 valence electrons. The summed E-state index contributed by atoms with van der Waals surface area (Å²) in [6.45, 7) is 3.97. The lowest BCUT2D eigenvalue weighted by Gasteiger charge is -2.46. The molecule has 2 aliphatic heterocycles. The maximum atomic E-state index is 14.2. The lowest BCUT2D eigenvalue weighted by molar-refractivity contribution is -0.157. The Morgan fingerprint density at radius 2 is 1.89 bits per heavy atom. The van der Waals surface area contributed by atoms with Gasteiger partial charge in [0, 0.05) is 39.6 Å². The number of aromatic nitrogens is 1. The van der Waals surface area contributed by atoms with Gasteiger partial charge in [-0.3, -0.25) is 14.6 Å². The Labute approximate surface area is 272 Å². The number of piperazine rings is 1. The quantitative estimate of drug-likeness (QED) is 0.282. The summed E-state index contributed by atoms with van der Waals surface area (Å²) in [5.74, 6) is -0.0635. The van der Waals surface area contributed by atoms with Gasteiger partial charge in [-0.2, -0.15) is 5.01 Å². The Morgan fingerprint density at radius 3 is 2.59 bits per heavy atom. The molecule has 1 aromatic heterocycles. The number of nitrogens with zero attached hydrogens (tertiary/aromatic N) is 6. The summed E-state index contributed by atoms with van der Waals surface area (Å²) in [4.78, 5) is 62.7. The van der Waals surface area contributed by atoms with Crippen molar-refractivity contribution in [3.63, 3.8) is 0 Å². The first-order valence-corrected chi connectivity index (χ1v) is 16.1. The minimum Gasteiger partial charge on any atom is -0.410 e. The molecule has 0 bridgehead atoms. The Balaban J connectivity index is 1.41. The monoisotopic (exact) mass is 651 g/mol. The number of nitrogens with two attached hydrogens (primary N) is 1. The van der Waals surface area contributed by atoms with Crippen LogP contribution in [0.1, 0.15) is 24.5 Å². The van der Waals surface area contributed by atoms with Gasteiger partial charge >= 0.3 is 12.1 Å². The van der Waals surface area contributed by atoms with Gasteiger partial charge in [-0.15, -0.1) is 0 Å². The van der Waals surface area contributed by atoms with E-state index in [4.69, 9.17) is 10.5 Å². The second kappa shape index (κ2) is 14.3. The number of urea groups is 1. The number of hydrogen-bond acceptors (Lipinski definition) is 10. The van der Waals surface area contributed by atoms with Crippen LogP contribution in [0.15, 0.2) is 42.5 Å². The number of carbonyl (C=O) groups is 4. The van der Waals surface area contributed by atoms with E-state index in [1.807, 2.05) is 44.1 Å². The predicted molar refractivity (Wildman–Crippen MR) is 175 cm³/mol. The molecule has 2 fully saturated rings. The third kappa shape index (κ3) is 7.16. The van der Waals surface area contributed by atoms with Crippen molar-refractivity contribution >= 4 is 50.6 Å². The highest BCUT2D eigenvalue weighted by Crippen LogP contribution is 2.32. The number of carbonyl (C=O) groups excluding carboxylic acids is 4. The topological polar surface area (TPSA) is 157 Å². The first-order chi connectivity index (χ1) is 22.1. The molecule has 0 unspecified atom stereocenters. The molecule has 2 aliphatic rings. The molecule has 5 rings (SSSR count). The summed E-state index contributed by atoms with van der Waals surface area (Å²) in [6.07, 6.45) is -0.177. The number of amides is 5. The molecule has 2 aromatic carbocycles. The van der Waals surface area contributed by atoms with Gasteiger partial charge in [0.25, 0.3) is 0 Å². The van der Waals surface area contributed by atoms with Crippen LogP contribution in [0.3, 0.4) is 0 Å². The summed E-state index contributed by atoms with van der Waals surface area (Å²) in [7, 11) is 5.39. The van der Waals surface area contributed by atoms with Gasteiger partial charge in [-0.05, 0) is 49.8 Å². The van der Waals surface area contributed by atoms with E-state index in [0.29, 0.717) is 36.9 Å². The first kappa shape index (κ1) is 32.9. The van der Waals surface area contributed by atoms with Gasteiger partial charge in [-0.25, -0.2) is 14.6 Å². The van der Waals surface area contributed by atoms with Gasteiger partial charge in [0.15, 0.2) is 5.13 Å². The average Bonchev–Trinajstić information content (AvgIpc) is 3.57. The number of para-hydroxylation sites is 1. The molecule has 3 heterocycles. The highest BCUT2D eigenvalue weighted by molar-refractivity contribution is 7.22. The van der Waals surface area contributed by atoms with Gasteiger partial charge in [0.2, 0.25) is 11.8 Å². The van der Waals surface area contributed by atoms with Gasteiger partial charge < -0.3 is 35.8 Å². The fraction of sp³-hybridized carbons (Fsp3) is 0.452. The zero-order valence-corrected chi connectivity index (χ0v) is 27.4. The number of nitrogen functional groups attached to an aromatic ring is 1. The van der Waals surface area contributed by atoms with Crippen molar-refractivity contribution in [2.45, 2.75) is 38.5 Å². The van der Waals surface area contributed by atoms with Crippen molar-refractivity contribution in [2.24, 2.45) is 0 Å². The molecular weight excluding hydrogens is 610 g/mol. The number of hydrogen-bond donors (Lipinski definition) is 3. The zero-order valence-electron chi connectivity index (χ0n) is 26.6. The Bertz CT molecular complexity index is 1580. The zero-order chi connectivity index (χ0) is 33.0. The Kier molecular flexibility index (Phi) is 10.2. The largest absolute Gasteiger partial charge is 0.412 e. The molecule has 0 spiro atoms. The third-order valence-corrected chi connectivity index (χ3v) is 8.88. The molecule has 0 radical (unpaired) electrons. The van der Waals surface area contributed by atoms with Crippen molar-refractivity contribution in [1.29, 1.82) is 0 Å². The van der Waals surface area contributed by atoms with E-state index in [1.165, 1.54) is 11.3 Å². The molecule has 0 saturated carbocycles. The molecule has 2 atom stereocenters. The van der Waals surface area contributed by atoms with Gasteiger partial charge in [-0.1, -0.05) is 42.5 Å². The van der Waals surface area contributed by atoms with Crippen LogP contribution in [0.4, 0.5) is 14.7 Å². The van der Waals surface area contributed by atoms with E-state index in [2.05, 4.69) is 15.6 Å². The second-order valence-corrected chi connectivity index (χ2v) is 12.6. The standard InChI is InChI=1S/C31H41N9O5S/c1-5-14-38(30(43)33-2)39-19-26(41)40-23(16-20-9-11-22(12-10-20)45-31(44)34-13-15-36(3)4)28(42)37(18-25(39)40)17-21-7-6-8-24-27(21)35-29(32)46-24/h6-12,23,25H,5,13-19H2,1-4H3,(H2,32,35)(H,33,43)(H,34,44)/t23-,25+/m0/s1. The van der Waals surface area contributed by atoms with Crippen LogP contribution in [-0.4, -0.2) is 120 Å². The van der Waals surface area contributed by atoms with Crippen LogP contribution in [0.2, 0.25) is 0 Å².